The molecule has 3 aliphatic heterocycles. The third-order valence-corrected chi connectivity index (χ3v) is 7.69. The summed E-state index contributed by atoms with van der Waals surface area (Å²) in [6.45, 7) is 10.1. The van der Waals surface area contributed by atoms with Crippen LogP contribution in [-0.2, 0) is 16.0 Å². The summed E-state index contributed by atoms with van der Waals surface area (Å²) in [4.78, 5) is 30.5. The van der Waals surface area contributed by atoms with Crippen LogP contribution in [0.3, 0.4) is 0 Å². The average Bonchev–Trinajstić information content (AvgIpc) is 3.48. The number of halogens is 3. The van der Waals surface area contributed by atoms with Crippen molar-refractivity contribution in [3.63, 3.8) is 0 Å². The van der Waals surface area contributed by atoms with E-state index in [1.54, 1.807) is 12.1 Å². The van der Waals surface area contributed by atoms with Crippen LogP contribution in [0.15, 0.2) is 42.6 Å². The molecule has 12 nitrogen and oxygen atoms in total. The standard InChI is InChI=1S/C28H36N8O2.C2HF3O2/c37-23-4-1-3-21(19-23)26-24-6-12-36(27(24)33-28(32-26)35-15-17-38-18-16-35)22-5-8-31-25(20-22)30-7-2-11-34-13-9-29-10-14-34;3-2(4,5)1(6)7/h1,3-5,8,19-20,29,37H,2,6-7,9-18H2,(H,30,31);(H,6,7). The van der Waals surface area contributed by atoms with Gasteiger partial charge in [0.15, 0.2) is 0 Å². The SMILES string of the molecule is O=C(O)C(F)(F)F.Oc1cccc(-c2nc(N3CCOCC3)nc3c2CCN3c2ccnc(NCCCN3CCNCC3)c2)c1. The van der Waals surface area contributed by atoms with Crippen molar-refractivity contribution < 1.29 is 32.9 Å². The minimum absolute atomic E-state index is 0.236. The minimum atomic E-state index is -5.08. The smallest absolute Gasteiger partial charge is 0.490 e. The fourth-order valence-electron chi connectivity index (χ4n) is 5.43. The number of hydrogen-bond acceptors (Lipinski definition) is 11. The second-order valence-electron chi connectivity index (χ2n) is 10.8. The van der Waals surface area contributed by atoms with Gasteiger partial charge in [0.25, 0.3) is 0 Å². The summed E-state index contributed by atoms with van der Waals surface area (Å²) in [6.07, 6.45) is -1.30. The number of ether oxygens (including phenoxy) is 1. The van der Waals surface area contributed by atoms with Crippen molar-refractivity contribution in [1.29, 1.82) is 0 Å². The third kappa shape index (κ3) is 8.49. The number of alkyl halides is 3. The molecule has 0 saturated carbocycles. The molecule has 4 N–H and O–H groups in total. The van der Waals surface area contributed by atoms with Gasteiger partial charge in [0.05, 0.1) is 18.9 Å². The Morgan fingerprint density at radius 1 is 1.04 bits per heavy atom. The summed E-state index contributed by atoms with van der Waals surface area (Å²) in [7, 11) is 0. The van der Waals surface area contributed by atoms with Gasteiger partial charge in [-0.15, -0.1) is 0 Å². The zero-order valence-corrected chi connectivity index (χ0v) is 24.8. The number of nitrogens with one attached hydrogen (secondary N) is 2. The number of fused-ring (bicyclic) bond motifs is 1. The van der Waals surface area contributed by atoms with Gasteiger partial charge in [0.1, 0.15) is 17.4 Å². The quantitative estimate of drug-likeness (QED) is 0.272. The summed E-state index contributed by atoms with van der Waals surface area (Å²) < 4.78 is 37.3. The number of phenolic OH excluding ortho intramolecular Hbond substituents is 1. The van der Waals surface area contributed by atoms with Crippen molar-refractivity contribution >= 4 is 29.2 Å². The van der Waals surface area contributed by atoms with E-state index >= 15 is 0 Å². The van der Waals surface area contributed by atoms with Crippen molar-refractivity contribution in [3.8, 4) is 17.0 Å². The fourth-order valence-corrected chi connectivity index (χ4v) is 5.43. The van der Waals surface area contributed by atoms with Crippen LogP contribution in [0.5, 0.6) is 5.75 Å². The van der Waals surface area contributed by atoms with Crippen LogP contribution < -0.4 is 20.4 Å². The molecular formula is C30H37F3N8O4. The minimum Gasteiger partial charge on any atom is -0.508 e. The Bertz CT molecular complexity index is 1450. The molecule has 6 rings (SSSR count). The van der Waals surface area contributed by atoms with Crippen molar-refractivity contribution in [3.05, 3.63) is 48.2 Å². The molecule has 45 heavy (non-hydrogen) atoms. The number of phenols is 1. The molecule has 0 aliphatic carbocycles. The fraction of sp³-hybridized carbons (Fsp3) is 0.467. The Morgan fingerprint density at radius 2 is 1.80 bits per heavy atom. The van der Waals surface area contributed by atoms with Crippen molar-refractivity contribution in [2.24, 2.45) is 0 Å². The zero-order valence-electron chi connectivity index (χ0n) is 24.8. The lowest BCUT2D eigenvalue weighted by molar-refractivity contribution is -0.192. The topological polar surface area (TPSA) is 139 Å². The van der Waals surface area contributed by atoms with Crippen LogP contribution in [0.1, 0.15) is 12.0 Å². The summed E-state index contributed by atoms with van der Waals surface area (Å²) in [5.41, 5.74) is 3.96. The first kappa shape index (κ1) is 32.2. The van der Waals surface area contributed by atoms with Crippen LogP contribution >= 0.6 is 0 Å². The largest absolute Gasteiger partial charge is 0.508 e. The highest BCUT2D eigenvalue weighted by Gasteiger charge is 2.38. The first-order valence-corrected chi connectivity index (χ1v) is 14.9. The highest BCUT2D eigenvalue weighted by Crippen LogP contribution is 2.40. The van der Waals surface area contributed by atoms with E-state index in [4.69, 9.17) is 24.6 Å². The van der Waals surface area contributed by atoms with Crippen molar-refractivity contribution in [2.75, 3.05) is 87.2 Å². The summed E-state index contributed by atoms with van der Waals surface area (Å²) >= 11 is 0. The van der Waals surface area contributed by atoms with E-state index in [1.165, 1.54) is 0 Å². The number of nitrogens with zero attached hydrogens (tertiary/aromatic N) is 6. The number of aliphatic carboxylic acids is 1. The van der Waals surface area contributed by atoms with Crippen LogP contribution in [0.4, 0.5) is 36.4 Å². The number of morpholine rings is 1. The Kier molecular flexibility index (Phi) is 10.5. The molecular weight excluding hydrogens is 593 g/mol. The average molecular weight is 631 g/mol. The Hall–Kier alpha value is -4.21. The highest BCUT2D eigenvalue weighted by atomic mass is 19.4. The van der Waals surface area contributed by atoms with E-state index in [9.17, 15) is 18.3 Å². The van der Waals surface area contributed by atoms with Crippen LogP contribution in [0.2, 0.25) is 0 Å². The lowest BCUT2D eigenvalue weighted by Gasteiger charge is -2.28. The lowest BCUT2D eigenvalue weighted by atomic mass is 10.1. The summed E-state index contributed by atoms with van der Waals surface area (Å²) in [5, 5.41) is 24.2. The Balaban J connectivity index is 0.000000515. The lowest BCUT2D eigenvalue weighted by Crippen LogP contribution is -2.44. The molecule has 2 aromatic heterocycles. The number of aromatic hydroxyl groups is 1. The highest BCUT2D eigenvalue weighted by molar-refractivity contribution is 5.78. The number of carboxylic acid groups (broad SMARTS) is 1. The maximum absolute atomic E-state index is 10.6. The molecule has 3 aromatic rings. The maximum atomic E-state index is 10.6. The predicted octanol–water partition coefficient (Wildman–Crippen LogP) is 3.12. The number of benzene rings is 1. The Labute approximate surface area is 258 Å². The van der Waals surface area contributed by atoms with Crippen LogP contribution in [-0.4, -0.2) is 114 Å². The molecule has 0 radical (unpaired) electrons. The molecule has 0 spiro atoms. The molecule has 15 heteroatoms. The van der Waals surface area contributed by atoms with Gasteiger partial charge in [0.2, 0.25) is 5.95 Å². The van der Waals surface area contributed by atoms with E-state index in [2.05, 4.69) is 36.4 Å². The van der Waals surface area contributed by atoms with Crippen LogP contribution in [0, 0.1) is 0 Å². The number of hydrogen-bond donors (Lipinski definition) is 4. The molecule has 0 amide bonds. The maximum Gasteiger partial charge on any atom is 0.490 e. The number of pyridine rings is 1. The number of piperazine rings is 1. The number of carboxylic acids is 1. The van der Waals surface area contributed by atoms with E-state index in [0.29, 0.717) is 19.2 Å². The zero-order chi connectivity index (χ0) is 31.8. The normalized spacial score (nSPS) is 17.0. The predicted molar refractivity (Wildman–Crippen MR) is 163 cm³/mol. The van der Waals surface area contributed by atoms with Gasteiger partial charge in [-0.05, 0) is 37.6 Å². The van der Waals surface area contributed by atoms with E-state index < -0.39 is 12.1 Å². The van der Waals surface area contributed by atoms with Gasteiger partial charge >= 0.3 is 12.1 Å². The molecule has 3 aliphatic rings. The van der Waals surface area contributed by atoms with E-state index in [-0.39, 0.29) is 5.75 Å². The second kappa shape index (κ2) is 14.7. The third-order valence-electron chi connectivity index (χ3n) is 7.69. The van der Waals surface area contributed by atoms with Gasteiger partial charge in [0, 0.05) is 81.4 Å². The molecule has 0 bridgehead atoms. The molecule has 2 saturated heterocycles. The number of aromatic nitrogens is 3. The number of rotatable bonds is 8. The molecule has 5 heterocycles. The van der Waals surface area contributed by atoms with Gasteiger partial charge in [-0.1, -0.05) is 12.1 Å². The van der Waals surface area contributed by atoms with Crippen molar-refractivity contribution in [2.45, 2.75) is 19.0 Å². The van der Waals surface area contributed by atoms with E-state index in [1.807, 2.05) is 24.4 Å². The number of carbonyl (C=O) groups is 1. The molecule has 242 valence electrons. The summed E-state index contributed by atoms with van der Waals surface area (Å²) in [5.74, 6) is -0.00725. The monoisotopic (exact) mass is 630 g/mol. The molecule has 0 atom stereocenters. The second-order valence-corrected chi connectivity index (χ2v) is 10.8. The van der Waals surface area contributed by atoms with Crippen molar-refractivity contribution in [1.82, 2.24) is 25.2 Å². The van der Waals surface area contributed by atoms with Gasteiger partial charge < -0.3 is 40.3 Å². The summed E-state index contributed by atoms with van der Waals surface area (Å²) in [6, 6.07) is 11.5. The molecule has 2 fully saturated rings. The van der Waals surface area contributed by atoms with Gasteiger partial charge in [-0.25, -0.2) is 14.8 Å². The van der Waals surface area contributed by atoms with Gasteiger partial charge in [-0.2, -0.15) is 18.2 Å². The van der Waals surface area contributed by atoms with Gasteiger partial charge in [-0.3, -0.25) is 0 Å². The van der Waals surface area contributed by atoms with Crippen LogP contribution in [0.25, 0.3) is 11.3 Å². The molecule has 0 unspecified atom stereocenters. The van der Waals surface area contributed by atoms with E-state index in [0.717, 1.165) is 106 Å². The number of anilines is 4. The molecule has 1 aromatic carbocycles. The Morgan fingerprint density at radius 3 is 2.51 bits per heavy atom. The first-order valence-electron chi connectivity index (χ1n) is 14.9. The first-order chi connectivity index (χ1) is 21.7.